The number of hydrogen-bond acceptors (Lipinski definition) is 5. The molecule has 0 bridgehead atoms. The molecule has 0 aliphatic heterocycles. The van der Waals surface area contributed by atoms with Gasteiger partial charge in [0, 0.05) is 14.2 Å². The van der Waals surface area contributed by atoms with E-state index in [9.17, 15) is 10.1 Å². The molecular formula is C7H8N4O3. The second-order valence-corrected chi connectivity index (χ2v) is 2.57. The Morgan fingerprint density at radius 1 is 1.79 bits per heavy atom. The summed E-state index contributed by atoms with van der Waals surface area (Å²) in [5.74, 6) is 0. The number of rotatable bonds is 3. The topological polar surface area (TPSA) is 94.0 Å². The lowest BCUT2D eigenvalue weighted by atomic mass is 10.3. The van der Waals surface area contributed by atoms with Crippen molar-refractivity contribution in [2.45, 2.75) is 6.61 Å². The van der Waals surface area contributed by atoms with Crippen molar-refractivity contribution in [3.63, 3.8) is 0 Å². The summed E-state index contributed by atoms with van der Waals surface area (Å²) >= 11 is 0. The van der Waals surface area contributed by atoms with Gasteiger partial charge in [-0.2, -0.15) is 10.4 Å². The summed E-state index contributed by atoms with van der Waals surface area (Å²) in [6.07, 6.45) is 0. The Morgan fingerprint density at radius 3 is 2.86 bits per heavy atom. The number of aryl methyl sites for hydroxylation is 1. The van der Waals surface area contributed by atoms with E-state index in [1.54, 1.807) is 6.07 Å². The molecule has 0 spiro atoms. The molecule has 0 radical (unpaired) electrons. The fraction of sp³-hybridized carbons (Fsp3) is 0.429. The van der Waals surface area contributed by atoms with E-state index in [-0.39, 0.29) is 23.7 Å². The molecule has 0 N–H and O–H groups in total. The molecule has 0 aliphatic rings. The maximum Gasteiger partial charge on any atom is 0.330 e. The van der Waals surface area contributed by atoms with Crippen molar-refractivity contribution in [3.8, 4) is 6.07 Å². The average Bonchev–Trinajstić information content (AvgIpc) is 2.42. The lowest BCUT2D eigenvalue weighted by Crippen LogP contribution is -1.96. The van der Waals surface area contributed by atoms with Gasteiger partial charge in [0.05, 0.1) is 11.5 Å². The van der Waals surface area contributed by atoms with Gasteiger partial charge in [-0.25, -0.2) is 0 Å². The molecule has 74 valence electrons. The molecule has 0 amide bonds. The van der Waals surface area contributed by atoms with E-state index in [0.29, 0.717) is 0 Å². The van der Waals surface area contributed by atoms with E-state index in [1.165, 1.54) is 18.8 Å². The van der Waals surface area contributed by atoms with Crippen LogP contribution in [0, 0.1) is 21.4 Å². The van der Waals surface area contributed by atoms with E-state index in [2.05, 4.69) is 5.10 Å². The third kappa shape index (κ3) is 1.55. The van der Waals surface area contributed by atoms with E-state index < -0.39 is 4.92 Å². The second-order valence-electron chi connectivity index (χ2n) is 2.57. The van der Waals surface area contributed by atoms with Gasteiger partial charge in [-0.3, -0.25) is 14.8 Å². The van der Waals surface area contributed by atoms with Gasteiger partial charge in [-0.1, -0.05) is 0 Å². The van der Waals surface area contributed by atoms with Crippen molar-refractivity contribution in [3.05, 3.63) is 21.5 Å². The predicted octanol–water partition coefficient (Wildman–Crippen LogP) is 0.346. The highest BCUT2D eigenvalue weighted by Crippen LogP contribution is 2.22. The first-order valence-electron chi connectivity index (χ1n) is 3.71. The summed E-state index contributed by atoms with van der Waals surface area (Å²) in [5, 5.41) is 23.1. The largest absolute Gasteiger partial charge is 0.378 e. The summed E-state index contributed by atoms with van der Waals surface area (Å²) < 4.78 is 5.91. The van der Waals surface area contributed by atoms with Gasteiger partial charge < -0.3 is 4.74 Å². The Bertz CT molecular complexity index is 404. The lowest BCUT2D eigenvalue weighted by molar-refractivity contribution is -0.386. The molecule has 1 aromatic heterocycles. The van der Waals surface area contributed by atoms with Crippen molar-refractivity contribution >= 4 is 5.69 Å². The molecule has 0 fully saturated rings. The minimum absolute atomic E-state index is 0.0197. The lowest BCUT2D eigenvalue weighted by Gasteiger charge is -1.92. The number of nitro groups is 1. The molecule has 0 aromatic carbocycles. The minimum atomic E-state index is -0.625. The van der Waals surface area contributed by atoms with Crippen LogP contribution in [-0.2, 0) is 18.4 Å². The van der Waals surface area contributed by atoms with Crippen molar-refractivity contribution in [1.29, 1.82) is 5.26 Å². The molecule has 0 unspecified atom stereocenters. The number of ether oxygens (including phenoxy) is 1. The van der Waals surface area contributed by atoms with Gasteiger partial charge in [0.2, 0.25) is 5.69 Å². The molecule has 1 rings (SSSR count). The van der Waals surface area contributed by atoms with Crippen LogP contribution in [0.1, 0.15) is 11.4 Å². The van der Waals surface area contributed by atoms with Crippen LogP contribution < -0.4 is 0 Å². The smallest absolute Gasteiger partial charge is 0.330 e. The van der Waals surface area contributed by atoms with Gasteiger partial charge in [0.25, 0.3) is 0 Å². The molecular weight excluding hydrogens is 188 g/mol. The summed E-state index contributed by atoms with van der Waals surface area (Å²) in [7, 11) is 2.88. The van der Waals surface area contributed by atoms with Gasteiger partial charge in [-0.05, 0) is 0 Å². The first kappa shape index (κ1) is 10.1. The average molecular weight is 196 g/mol. The fourth-order valence-electron chi connectivity index (χ4n) is 1.12. The van der Waals surface area contributed by atoms with Crippen LogP contribution in [0.15, 0.2) is 0 Å². The second kappa shape index (κ2) is 3.85. The molecule has 0 atom stereocenters. The van der Waals surface area contributed by atoms with Crippen molar-refractivity contribution in [2.24, 2.45) is 7.05 Å². The van der Waals surface area contributed by atoms with E-state index in [0.717, 1.165) is 0 Å². The monoisotopic (exact) mass is 196 g/mol. The van der Waals surface area contributed by atoms with E-state index >= 15 is 0 Å². The van der Waals surface area contributed by atoms with Crippen molar-refractivity contribution in [1.82, 2.24) is 9.78 Å². The predicted molar refractivity (Wildman–Crippen MR) is 45.3 cm³/mol. The van der Waals surface area contributed by atoms with Gasteiger partial charge in [0.15, 0.2) is 5.69 Å². The highest BCUT2D eigenvalue weighted by molar-refractivity contribution is 5.47. The quantitative estimate of drug-likeness (QED) is 0.513. The molecule has 0 saturated carbocycles. The van der Waals surface area contributed by atoms with Crippen LogP contribution >= 0.6 is 0 Å². The number of nitrogens with zero attached hydrogens (tertiary/aromatic N) is 4. The Morgan fingerprint density at radius 2 is 2.43 bits per heavy atom. The maximum absolute atomic E-state index is 10.6. The molecule has 0 saturated heterocycles. The van der Waals surface area contributed by atoms with Crippen LogP contribution in [-0.4, -0.2) is 21.8 Å². The summed E-state index contributed by atoms with van der Waals surface area (Å²) in [6, 6.07) is 1.73. The fourth-order valence-corrected chi connectivity index (χ4v) is 1.12. The Labute approximate surface area is 79.7 Å². The Balaban J connectivity index is 3.32. The van der Waals surface area contributed by atoms with Crippen LogP contribution in [0.4, 0.5) is 5.69 Å². The minimum Gasteiger partial charge on any atom is -0.378 e. The first-order valence-corrected chi connectivity index (χ1v) is 3.71. The zero-order chi connectivity index (χ0) is 10.7. The third-order valence-electron chi connectivity index (χ3n) is 1.66. The van der Waals surface area contributed by atoms with Crippen LogP contribution in [0.3, 0.4) is 0 Å². The van der Waals surface area contributed by atoms with Crippen LogP contribution in [0.2, 0.25) is 0 Å². The van der Waals surface area contributed by atoms with Gasteiger partial charge in [0.1, 0.15) is 6.07 Å². The van der Waals surface area contributed by atoms with Crippen LogP contribution in [0.25, 0.3) is 0 Å². The van der Waals surface area contributed by atoms with E-state index in [4.69, 9.17) is 10.00 Å². The normalized spacial score (nSPS) is 9.79. The molecule has 1 heterocycles. The van der Waals surface area contributed by atoms with E-state index in [1.807, 2.05) is 0 Å². The summed E-state index contributed by atoms with van der Waals surface area (Å²) in [6.45, 7) is 0.0197. The Hall–Kier alpha value is -1.94. The maximum atomic E-state index is 10.6. The van der Waals surface area contributed by atoms with Crippen LogP contribution in [0.5, 0.6) is 0 Å². The number of aromatic nitrogens is 2. The SMILES string of the molecule is COCc1nn(C)c(C#N)c1[N+](=O)[O-]. The standard InChI is InChI=1S/C7H8N4O3/c1-10-6(3-8)7(11(12)13)5(9-10)4-14-2/h4H2,1-2H3. The molecule has 7 heteroatoms. The number of nitriles is 1. The highest BCUT2D eigenvalue weighted by Gasteiger charge is 2.26. The van der Waals surface area contributed by atoms with Gasteiger partial charge in [-0.15, -0.1) is 0 Å². The molecule has 14 heavy (non-hydrogen) atoms. The molecule has 0 aliphatic carbocycles. The Kier molecular flexibility index (Phi) is 2.79. The van der Waals surface area contributed by atoms with Crippen molar-refractivity contribution < 1.29 is 9.66 Å². The highest BCUT2D eigenvalue weighted by atomic mass is 16.6. The summed E-state index contributed by atoms with van der Waals surface area (Å²) in [4.78, 5) is 10.0. The zero-order valence-electron chi connectivity index (χ0n) is 7.72. The van der Waals surface area contributed by atoms with Gasteiger partial charge >= 0.3 is 5.69 Å². The number of methoxy groups -OCH3 is 1. The summed E-state index contributed by atoms with van der Waals surface area (Å²) in [5.41, 5.74) is -0.185. The van der Waals surface area contributed by atoms with Crippen molar-refractivity contribution in [2.75, 3.05) is 7.11 Å². The first-order chi connectivity index (χ1) is 6.61. The third-order valence-corrected chi connectivity index (χ3v) is 1.66. The molecule has 1 aromatic rings. The number of hydrogen-bond donors (Lipinski definition) is 0. The zero-order valence-corrected chi connectivity index (χ0v) is 7.72. The molecule has 7 nitrogen and oxygen atoms in total.